The number of allylic oxidation sites excluding steroid dienone is 2. The fraction of sp³-hybridized carbons (Fsp3) is 0.857. The second-order valence-corrected chi connectivity index (χ2v) is 7.61. The lowest BCUT2D eigenvalue weighted by Gasteiger charge is -2.40. The normalized spacial score (nSPS) is 27.4. The molecule has 21 heavy (non-hydrogen) atoms. The minimum absolute atomic E-state index is 0.323. The molecule has 1 atom stereocenters. The molecule has 1 unspecified atom stereocenters. The Balaban J connectivity index is 2.21. The summed E-state index contributed by atoms with van der Waals surface area (Å²) in [6, 6.07) is 0. The average molecular weight is 289 g/mol. The van der Waals surface area contributed by atoms with E-state index in [9.17, 15) is 0 Å². The van der Waals surface area contributed by atoms with E-state index in [0.717, 1.165) is 5.92 Å². The first-order valence-electron chi connectivity index (χ1n) is 9.67. The quantitative estimate of drug-likeness (QED) is 0.277. The fourth-order valence-corrected chi connectivity index (χ4v) is 4.57. The van der Waals surface area contributed by atoms with E-state index >= 15 is 0 Å². The molecule has 0 amide bonds. The topological polar surface area (TPSA) is 0 Å². The summed E-state index contributed by atoms with van der Waals surface area (Å²) in [6.07, 6.45) is 22.0. The highest BCUT2D eigenvalue weighted by atomic mass is 14.4. The summed E-state index contributed by atoms with van der Waals surface area (Å²) < 4.78 is 0. The zero-order valence-corrected chi connectivity index (χ0v) is 14.8. The van der Waals surface area contributed by atoms with E-state index in [0.29, 0.717) is 5.41 Å². The Morgan fingerprint density at radius 1 is 0.952 bits per heavy atom. The Bertz CT molecular complexity index is 328. The largest absolute Gasteiger partial charge is 0.0704 e. The molecule has 0 N–H and O–H groups in total. The van der Waals surface area contributed by atoms with Crippen molar-refractivity contribution < 1.29 is 0 Å². The maximum atomic E-state index is 4.04. The van der Waals surface area contributed by atoms with E-state index in [4.69, 9.17) is 0 Å². The van der Waals surface area contributed by atoms with Crippen LogP contribution >= 0.6 is 0 Å². The van der Waals surface area contributed by atoms with E-state index in [1.165, 1.54) is 83.5 Å². The molecule has 2 aliphatic rings. The molecule has 120 valence electrons. The maximum absolute atomic E-state index is 4.04. The molecule has 0 nitrogen and oxygen atoms in total. The molecule has 2 rings (SSSR count). The van der Waals surface area contributed by atoms with Gasteiger partial charge in [-0.15, -0.1) is 0 Å². The summed E-state index contributed by atoms with van der Waals surface area (Å²) in [4.78, 5) is 0. The molecule has 0 heterocycles. The zero-order valence-electron chi connectivity index (χ0n) is 14.8. The van der Waals surface area contributed by atoms with Crippen molar-refractivity contribution >= 4 is 0 Å². The molecular weight excluding hydrogens is 252 g/mol. The van der Waals surface area contributed by atoms with Gasteiger partial charge in [0, 0.05) is 5.41 Å². The molecule has 2 fully saturated rings. The van der Waals surface area contributed by atoms with Crippen molar-refractivity contribution in [2.75, 3.05) is 0 Å². The third-order valence-electron chi connectivity index (χ3n) is 5.88. The van der Waals surface area contributed by atoms with Crippen LogP contribution in [0.1, 0.15) is 104 Å². The van der Waals surface area contributed by atoms with Gasteiger partial charge in [0.2, 0.25) is 0 Å². The lowest BCUT2D eigenvalue weighted by atomic mass is 9.64. The van der Waals surface area contributed by atoms with Gasteiger partial charge in [0.15, 0.2) is 0 Å². The lowest BCUT2D eigenvalue weighted by Crippen LogP contribution is -2.30. The van der Waals surface area contributed by atoms with Crippen molar-refractivity contribution in [3.8, 4) is 0 Å². The van der Waals surface area contributed by atoms with Crippen LogP contribution in [0.3, 0.4) is 0 Å². The van der Waals surface area contributed by atoms with Crippen LogP contribution in [0, 0.1) is 17.8 Å². The van der Waals surface area contributed by atoms with Gasteiger partial charge in [-0.3, -0.25) is 0 Å². The first-order chi connectivity index (χ1) is 10.2. The third kappa shape index (κ3) is 4.14. The summed E-state index contributed by atoms with van der Waals surface area (Å²) >= 11 is 0. The highest BCUT2D eigenvalue weighted by molar-refractivity contribution is 5.29. The molecular formula is C21H36. The first-order valence-corrected chi connectivity index (χ1v) is 9.67. The smallest absolute Gasteiger partial charge is 0.000562 e. The number of unbranched alkanes of at least 4 members (excludes halogenated alkanes) is 3. The summed E-state index contributed by atoms with van der Waals surface area (Å²) in [5.74, 6) is 0.723. The van der Waals surface area contributed by atoms with Crippen molar-refractivity contribution in [1.29, 1.82) is 0 Å². The number of hydrogen-bond donors (Lipinski definition) is 0. The second kappa shape index (κ2) is 8.39. The molecule has 0 aromatic rings. The molecule has 0 saturated heterocycles. The van der Waals surface area contributed by atoms with E-state index in [2.05, 4.69) is 27.2 Å². The second-order valence-electron chi connectivity index (χ2n) is 7.61. The van der Waals surface area contributed by atoms with Crippen LogP contribution in [0.4, 0.5) is 0 Å². The van der Waals surface area contributed by atoms with Crippen LogP contribution in [0.25, 0.3) is 0 Å². The summed E-state index contributed by atoms with van der Waals surface area (Å²) in [7, 11) is 0. The van der Waals surface area contributed by atoms with Crippen LogP contribution in [-0.2, 0) is 0 Å². The van der Waals surface area contributed by atoms with Crippen molar-refractivity contribution in [1.82, 2.24) is 0 Å². The van der Waals surface area contributed by atoms with Gasteiger partial charge in [-0.05, 0) is 63.7 Å². The number of hydrogen-bond acceptors (Lipinski definition) is 0. The van der Waals surface area contributed by atoms with E-state index in [-0.39, 0.29) is 0 Å². The average Bonchev–Trinajstić information content (AvgIpc) is 2.91. The lowest BCUT2D eigenvalue weighted by molar-refractivity contribution is 0.253. The SMILES string of the molecule is CCCCCCC1(C(C)C)[C]CCCCC1=C1CCCC1. The zero-order chi connectivity index (χ0) is 15.1. The molecule has 0 aliphatic heterocycles. The third-order valence-corrected chi connectivity index (χ3v) is 5.88. The molecule has 0 spiro atoms. The van der Waals surface area contributed by atoms with Crippen molar-refractivity contribution in [2.45, 2.75) is 104 Å². The maximum Gasteiger partial charge on any atom is 0.000562 e. The molecule has 2 saturated carbocycles. The Morgan fingerprint density at radius 2 is 1.67 bits per heavy atom. The van der Waals surface area contributed by atoms with Gasteiger partial charge in [0.1, 0.15) is 0 Å². The highest BCUT2D eigenvalue weighted by Crippen LogP contribution is 2.51. The van der Waals surface area contributed by atoms with Gasteiger partial charge in [0.25, 0.3) is 0 Å². The predicted molar refractivity (Wildman–Crippen MR) is 93.2 cm³/mol. The monoisotopic (exact) mass is 288 g/mol. The summed E-state index contributed by atoms with van der Waals surface area (Å²) in [6.45, 7) is 7.22. The molecule has 0 aromatic heterocycles. The molecule has 0 bridgehead atoms. The van der Waals surface area contributed by atoms with Crippen LogP contribution in [-0.4, -0.2) is 0 Å². The summed E-state index contributed by atoms with van der Waals surface area (Å²) in [5, 5.41) is 0. The predicted octanol–water partition coefficient (Wildman–Crippen LogP) is 7.13. The molecule has 0 heteroatoms. The standard InChI is InChI=1S/C21H36/c1-4-5-6-11-16-21(18(2)3)17-12-7-8-15-20(21)19-13-9-10-14-19/h18H,4-16H2,1-3H3. The highest BCUT2D eigenvalue weighted by Gasteiger charge is 2.39. The minimum Gasteiger partial charge on any atom is -0.0704 e. The van der Waals surface area contributed by atoms with Crippen molar-refractivity contribution in [3.05, 3.63) is 17.6 Å². The Kier molecular flexibility index (Phi) is 6.83. The van der Waals surface area contributed by atoms with Crippen molar-refractivity contribution in [2.24, 2.45) is 11.3 Å². The van der Waals surface area contributed by atoms with Crippen LogP contribution in [0.2, 0.25) is 0 Å². The molecule has 2 aliphatic carbocycles. The van der Waals surface area contributed by atoms with Gasteiger partial charge >= 0.3 is 0 Å². The van der Waals surface area contributed by atoms with Gasteiger partial charge in [-0.2, -0.15) is 0 Å². The Labute approximate surface area is 133 Å². The Hall–Kier alpha value is -0.260. The Morgan fingerprint density at radius 3 is 2.33 bits per heavy atom. The van der Waals surface area contributed by atoms with Crippen LogP contribution in [0.15, 0.2) is 11.1 Å². The fourth-order valence-electron chi connectivity index (χ4n) is 4.57. The first kappa shape index (κ1) is 17.1. The van der Waals surface area contributed by atoms with Gasteiger partial charge < -0.3 is 0 Å². The van der Waals surface area contributed by atoms with E-state index in [1.54, 1.807) is 0 Å². The van der Waals surface area contributed by atoms with Crippen molar-refractivity contribution in [3.63, 3.8) is 0 Å². The molecule has 0 aromatic carbocycles. The minimum atomic E-state index is 0.323. The van der Waals surface area contributed by atoms with Gasteiger partial charge in [-0.1, -0.05) is 64.0 Å². The molecule has 2 radical (unpaired) electrons. The van der Waals surface area contributed by atoms with Gasteiger partial charge in [0.05, 0.1) is 0 Å². The van der Waals surface area contributed by atoms with E-state index < -0.39 is 0 Å². The van der Waals surface area contributed by atoms with Gasteiger partial charge in [-0.25, -0.2) is 0 Å². The van der Waals surface area contributed by atoms with Crippen LogP contribution in [0.5, 0.6) is 0 Å². The summed E-state index contributed by atoms with van der Waals surface area (Å²) in [5.41, 5.74) is 4.02. The van der Waals surface area contributed by atoms with E-state index in [1.807, 2.05) is 11.1 Å². The van der Waals surface area contributed by atoms with Crippen LogP contribution < -0.4 is 0 Å². The number of rotatable bonds is 6.